The highest BCUT2D eigenvalue weighted by atomic mass is 35.5. The average Bonchev–Trinajstić information content (AvgIpc) is 3.20. The normalized spacial score (nSPS) is 21.2. The highest BCUT2D eigenvalue weighted by molar-refractivity contribution is 6.31. The molecule has 3 rings (SSSR count). The number of anilines is 1. The Morgan fingerprint density at radius 3 is 3.00 bits per heavy atom. The molecule has 6 heteroatoms. The summed E-state index contributed by atoms with van der Waals surface area (Å²) in [6.45, 7) is 0.193. The van der Waals surface area contributed by atoms with Gasteiger partial charge in [0.1, 0.15) is 12.4 Å². The summed E-state index contributed by atoms with van der Waals surface area (Å²) < 4.78 is 5.59. The van der Waals surface area contributed by atoms with Crippen molar-refractivity contribution in [3.63, 3.8) is 0 Å². The van der Waals surface area contributed by atoms with Gasteiger partial charge in [-0.25, -0.2) is 0 Å². The number of fused-ring (bicyclic) bond motifs is 1. The molecule has 1 unspecified atom stereocenters. The Morgan fingerprint density at radius 2 is 2.25 bits per heavy atom. The summed E-state index contributed by atoms with van der Waals surface area (Å²) in [6.07, 6.45) is 2.20. The predicted octanol–water partition coefficient (Wildman–Crippen LogP) is 1.96. The van der Waals surface area contributed by atoms with Crippen molar-refractivity contribution < 1.29 is 14.3 Å². The standard InChI is InChI=1S/C14H15ClN2O3/c15-9-1-4-12-11(6-9)17-14(19)8(7-20-12)5-13(18)16-10-2-3-10/h1,4,6,8,10H,2-3,5,7H2,(H,16,18)(H,17,19). The number of hydrogen-bond acceptors (Lipinski definition) is 3. The molecule has 1 heterocycles. The molecule has 5 nitrogen and oxygen atoms in total. The van der Waals surface area contributed by atoms with Crippen molar-refractivity contribution in [3.05, 3.63) is 23.2 Å². The monoisotopic (exact) mass is 294 g/mol. The number of ether oxygens (including phenoxy) is 1. The maximum Gasteiger partial charge on any atom is 0.231 e. The van der Waals surface area contributed by atoms with E-state index in [-0.39, 0.29) is 24.8 Å². The van der Waals surface area contributed by atoms with Crippen molar-refractivity contribution in [1.29, 1.82) is 0 Å². The molecule has 1 fully saturated rings. The van der Waals surface area contributed by atoms with Gasteiger partial charge in [0, 0.05) is 17.5 Å². The van der Waals surface area contributed by atoms with Crippen LogP contribution in [0.15, 0.2) is 18.2 Å². The molecule has 0 spiro atoms. The fraction of sp³-hybridized carbons (Fsp3) is 0.429. The van der Waals surface area contributed by atoms with E-state index in [4.69, 9.17) is 16.3 Å². The predicted molar refractivity (Wildman–Crippen MR) is 74.8 cm³/mol. The van der Waals surface area contributed by atoms with Crippen molar-refractivity contribution in [2.24, 2.45) is 5.92 Å². The summed E-state index contributed by atoms with van der Waals surface area (Å²) in [7, 11) is 0. The Labute approximate surface area is 121 Å². The molecule has 2 N–H and O–H groups in total. The quantitative estimate of drug-likeness (QED) is 0.895. The minimum Gasteiger partial charge on any atom is -0.491 e. The first-order valence-electron chi connectivity index (χ1n) is 6.64. The highest BCUT2D eigenvalue weighted by Gasteiger charge is 2.29. The number of amides is 2. The van der Waals surface area contributed by atoms with Gasteiger partial charge in [-0.1, -0.05) is 11.6 Å². The zero-order valence-electron chi connectivity index (χ0n) is 10.8. The number of rotatable bonds is 3. The second kappa shape index (κ2) is 5.32. The second-order valence-electron chi connectivity index (χ2n) is 5.18. The van der Waals surface area contributed by atoms with Crippen molar-refractivity contribution in [3.8, 4) is 5.75 Å². The van der Waals surface area contributed by atoms with Crippen molar-refractivity contribution in [2.75, 3.05) is 11.9 Å². The van der Waals surface area contributed by atoms with Crippen LogP contribution in [0.1, 0.15) is 19.3 Å². The van der Waals surface area contributed by atoms with Crippen LogP contribution in [0.25, 0.3) is 0 Å². The molecular formula is C14H15ClN2O3. The summed E-state index contributed by atoms with van der Waals surface area (Å²) >= 11 is 5.89. The van der Waals surface area contributed by atoms with Crippen LogP contribution in [0.3, 0.4) is 0 Å². The minimum atomic E-state index is -0.486. The maximum absolute atomic E-state index is 12.1. The van der Waals surface area contributed by atoms with Gasteiger partial charge in [0.25, 0.3) is 0 Å². The summed E-state index contributed by atoms with van der Waals surface area (Å²) in [5, 5.41) is 6.16. The number of nitrogens with one attached hydrogen (secondary N) is 2. The smallest absolute Gasteiger partial charge is 0.231 e. The molecule has 0 radical (unpaired) electrons. The maximum atomic E-state index is 12.1. The molecule has 1 aromatic rings. The lowest BCUT2D eigenvalue weighted by Gasteiger charge is -2.12. The van der Waals surface area contributed by atoms with Gasteiger partial charge in [0.15, 0.2) is 0 Å². The van der Waals surface area contributed by atoms with E-state index in [2.05, 4.69) is 10.6 Å². The van der Waals surface area contributed by atoms with Gasteiger partial charge < -0.3 is 15.4 Å². The molecule has 0 saturated heterocycles. The fourth-order valence-corrected chi connectivity index (χ4v) is 2.29. The lowest BCUT2D eigenvalue weighted by Crippen LogP contribution is -2.33. The van der Waals surface area contributed by atoms with Crippen LogP contribution in [0.5, 0.6) is 5.75 Å². The van der Waals surface area contributed by atoms with Crippen LogP contribution in [-0.4, -0.2) is 24.5 Å². The van der Waals surface area contributed by atoms with E-state index in [1.807, 2.05) is 0 Å². The second-order valence-corrected chi connectivity index (χ2v) is 5.62. The Balaban J connectivity index is 1.67. The van der Waals surface area contributed by atoms with Gasteiger partial charge in [0.2, 0.25) is 11.8 Å². The van der Waals surface area contributed by atoms with Crippen LogP contribution >= 0.6 is 11.6 Å². The van der Waals surface area contributed by atoms with Crippen LogP contribution < -0.4 is 15.4 Å². The third-order valence-electron chi connectivity index (χ3n) is 3.38. The van der Waals surface area contributed by atoms with E-state index in [1.54, 1.807) is 18.2 Å². The summed E-state index contributed by atoms with van der Waals surface area (Å²) in [6, 6.07) is 5.35. The Hall–Kier alpha value is -1.75. The number of halogens is 1. The van der Waals surface area contributed by atoms with Crippen LogP contribution in [0.2, 0.25) is 5.02 Å². The number of carbonyl (C=O) groups excluding carboxylic acids is 2. The zero-order chi connectivity index (χ0) is 14.1. The molecule has 0 bridgehead atoms. The van der Waals surface area contributed by atoms with Crippen molar-refractivity contribution in [2.45, 2.75) is 25.3 Å². The van der Waals surface area contributed by atoms with Gasteiger partial charge in [-0.05, 0) is 31.0 Å². The molecule has 1 aliphatic carbocycles. The third-order valence-corrected chi connectivity index (χ3v) is 3.62. The molecule has 2 amide bonds. The number of hydrogen-bond donors (Lipinski definition) is 2. The van der Waals surface area contributed by atoms with E-state index >= 15 is 0 Å². The first-order chi connectivity index (χ1) is 9.61. The van der Waals surface area contributed by atoms with Crippen molar-refractivity contribution >= 4 is 29.1 Å². The van der Waals surface area contributed by atoms with E-state index in [1.165, 1.54) is 0 Å². The fourth-order valence-electron chi connectivity index (χ4n) is 2.12. The highest BCUT2D eigenvalue weighted by Crippen LogP contribution is 2.31. The zero-order valence-corrected chi connectivity index (χ0v) is 11.6. The van der Waals surface area contributed by atoms with Crippen LogP contribution in [-0.2, 0) is 9.59 Å². The van der Waals surface area contributed by atoms with Gasteiger partial charge in [0.05, 0.1) is 11.6 Å². The Kier molecular flexibility index (Phi) is 3.53. The molecule has 106 valence electrons. The Bertz CT molecular complexity index is 557. The molecule has 2 aliphatic rings. The number of benzene rings is 1. The number of carbonyl (C=O) groups is 2. The lowest BCUT2D eigenvalue weighted by atomic mass is 10.1. The van der Waals surface area contributed by atoms with Gasteiger partial charge >= 0.3 is 0 Å². The molecule has 20 heavy (non-hydrogen) atoms. The third kappa shape index (κ3) is 3.04. The molecule has 0 aromatic heterocycles. The minimum absolute atomic E-state index is 0.0970. The topological polar surface area (TPSA) is 67.4 Å². The van der Waals surface area contributed by atoms with Crippen LogP contribution in [0.4, 0.5) is 5.69 Å². The summed E-state index contributed by atoms with van der Waals surface area (Å²) in [5.74, 6) is -0.218. The summed E-state index contributed by atoms with van der Waals surface area (Å²) in [4.78, 5) is 23.9. The van der Waals surface area contributed by atoms with Gasteiger partial charge in [-0.2, -0.15) is 0 Å². The summed E-state index contributed by atoms with van der Waals surface area (Å²) in [5.41, 5.74) is 0.549. The largest absolute Gasteiger partial charge is 0.491 e. The van der Waals surface area contributed by atoms with E-state index in [0.717, 1.165) is 12.8 Å². The van der Waals surface area contributed by atoms with E-state index in [0.29, 0.717) is 22.5 Å². The van der Waals surface area contributed by atoms with Gasteiger partial charge in [-0.3, -0.25) is 9.59 Å². The lowest BCUT2D eigenvalue weighted by molar-refractivity contribution is -0.128. The molecule has 1 aliphatic heterocycles. The molecular weight excluding hydrogens is 280 g/mol. The van der Waals surface area contributed by atoms with Gasteiger partial charge in [-0.15, -0.1) is 0 Å². The Morgan fingerprint density at radius 1 is 1.45 bits per heavy atom. The van der Waals surface area contributed by atoms with Crippen molar-refractivity contribution in [1.82, 2.24) is 5.32 Å². The average molecular weight is 295 g/mol. The van der Waals surface area contributed by atoms with E-state index in [9.17, 15) is 9.59 Å². The van der Waals surface area contributed by atoms with E-state index < -0.39 is 5.92 Å². The molecule has 1 aromatic carbocycles. The first kappa shape index (κ1) is 13.2. The SMILES string of the molecule is O=C(CC1COc2ccc(Cl)cc2NC1=O)NC1CC1. The molecule has 1 saturated carbocycles. The first-order valence-corrected chi connectivity index (χ1v) is 7.02. The molecule has 1 atom stereocenters. The van der Waals surface area contributed by atoms with Crippen LogP contribution in [0, 0.1) is 5.92 Å².